The lowest BCUT2D eigenvalue weighted by Gasteiger charge is -2.04. The summed E-state index contributed by atoms with van der Waals surface area (Å²) >= 11 is 3.36. The topological polar surface area (TPSA) is 38.0 Å². The van der Waals surface area contributed by atoms with Crippen molar-refractivity contribution in [1.82, 2.24) is 9.78 Å². The van der Waals surface area contributed by atoms with Gasteiger partial charge in [0.25, 0.3) is 0 Å². The zero-order valence-electron chi connectivity index (χ0n) is 9.62. The summed E-state index contributed by atoms with van der Waals surface area (Å²) < 4.78 is 28.2. The fourth-order valence-corrected chi connectivity index (χ4v) is 2.48. The van der Waals surface area contributed by atoms with Crippen LogP contribution in [0.2, 0.25) is 0 Å². The number of rotatable bonds is 3. The number of aliphatic hydroxyl groups excluding tert-OH is 1. The first-order valence-corrected chi connectivity index (χ1v) is 6.14. The van der Waals surface area contributed by atoms with Crippen LogP contribution in [0.25, 0.3) is 5.69 Å². The quantitative estimate of drug-likeness (QED) is 0.945. The maximum Gasteiger partial charge on any atom is 0.160 e. The Balaban J connectivity index is 2.50. The van der Waals surface area contributed by atoms with Crippen molar-refractivity contribution in [2.75, 3.05) is 6.61 Å². The molecular formula is C12H11BrF2N2O. The second-order valence-electron chi connectivity index (χ2n) is 3.84. The summed E-state index contributed by atoms with van der Waals surface area (Å²) in [6.45, 7) is 1.80. The van der Waals surface area contributed by atoms with E-state index in [0.29, 0.717) is 16.7 Å². The zero-order valence-corrected chi connectivity index (χ0v) is 11.2. The van der Waals surface area contributed by atoms with Crippen LogP contribution in [0.5, 0.6) is 0 Å². The summed E-state index contributed by atoms with van der Waals surface area (Å²) in [6, 6.07) is 3.58. The van der Waals surface area contributed by atoms with Crippen molar-refractivity contribution >= 4 is 15.9 Å². The number of halogens is 3. The Morgan fingerprint density at radius 1 is 1.33 bits per heavy atom. The molecule has 1 aromatic heterocycles. The predicted octanol–water partition coefficient (Wildman–Crippen LogP) is 2.76. The Kier molecular flexibility index (Phi) is 3.77. The largest absolute Gasteiger partial charge is 0.396 e. The Hall–Kier alpha value is -1.27. The highest BCUT2D eigenvalue weighted by molar-refractivity contribution is 9.10. The highest BCUT2D eigenvalue weighted by Crippen LogP contribution is 2.25. The molecule has 0 atom stereocenters. The van der Waals surface area contributed by atoms with Gasteiger partial charge in [-0.1, -0.05) is 0 Å². The standard InChI is InChI=1S/C12H11BrF2N2O/c1-7-9(4-5-18)12(13)17(16-7)8-2-3-10(14)11(15)6-8/h2-3,6,18H,4-5H2,1H3. The number of hydrogen-bond donors (Lipinski definition) is 1. The molecule has 0 fully saturated rings. The van der Waals surface area contributed by atoms with Crippen molar-refractivity contribution in [2.24, 2.45) is 0 Å². The van der Waals surface area contributed by atoms with E-state index in [9.17, 15) is 8.78 Å². The lowest BCUT2D eigenvalue weighted by Crippen LogP contribution is -1.99. The Morgan fingerprint density at radius 2 is 2.06 bits per heavy atom. The van der Waals surface area contributed by atoms with Gasteiger partial charge in [0.1, 0.15) is 4.60 Å². The van der Waals surface area contributed by atoms with Crippen molar-refractivity contribution in [1.29, 1.82) is 0 Å². The number of aryl methyl sites for hydroxylation is 1. The van der Waals surface area contributed by atoms with E-state index in [1.807, 2.05) is 0 Å². The number of aliphatic hydroxyl groups is 1. The normalized spacial score (nSPS) is 10.9. The smallest absolute Gasteiger partial charge is 0.160 e. The molecule has 3 nitrogen and oxygen atoms in total. The number of benzene rings is 1. The van der Waals surface area contributed by atoms with Crippen LogP contribution in [0.15, 0.2) is 22.8 Å². The van der Waals surface area contributed by atoms with Crippen LogP contribution in [0.3, 0.4) is 0 Å². The molecule has 1 aromatic carbocycles. The van der Waals surface area contributed by atoms with Gasteiger partial charge in [-0.25, -0.2) is 13.5 Å². The van der Waals surface area contributed by atoms with E-state index in [1.54, 1.807) is 6.92 Å². The Morgan fingerprint density at radius 3 is 2.67 bits per heavy atom. The minimum absolute atomic E-state index is 0.00289. The molecule has 2 rings (SSSR count). The second-order valence-corrected chi connectivity index (χ2v) is 4.59. The molecule has 0 aliphatic heterocycles. The van der Waals surface area contributed by atoms with Gasteiger partial charge in [-0.05, 0) is 35.0 Å². The summed E-state index contributed by atoms with van der Waals surface area (Å²) in [5, 5.41) is 13.2. The fraction of sp³-hybridized carbons (Fsp3) is 0.250. The molecule has 6 heteroatoms. The first kappa shape index (κ1) is 13.2. The van der Waals surface area contributed by atoms with Gasteiger partial charge in [-0.3, -0.25) is 0 Å². The van der Waals surface area contributed by atoms with Crippen molar-refractivity contribution in [3.8, 4) is 5.69 Å². The maximum atomic E-state index is 13.2. The SMILES string of the molecule is Cc1nn(-c2ccc(F)c(F)c2)c(Br)c1CCO. The second kappa shape index (κ2) is 5.16. The van der Waals surface area contributed by atoms with Gasteiger partial charge in [0.05, 0.1) is 11.4 Å². The average molecular weight is 317 g/mol. The van der Waals surface area contributed by atoms with Crippen LogP contribution in [0, 0.1) is 18.6 Å². The minimum Gasteiger partial charge on any atom is -0.396 e. The zero-order chi connectivity index (χ0) is 13.3. The average Bonchev–Trinajstić information content (AvgIpc) is 2.61. The van der Waals surface area contributed by atoms with Crippen LogP contribution in [0.4, 0.5) is 8.78 Å². The van der Waals surface area contributed by atoms with Crippen LogP contribution >= 0.6 is 15.9 Å². The van der Waals surface area contributed by atoms with Crippen molar-refractivity contribution < 1.29 is 13.9 Å². The molecular weight excluding hydrogens is 306 g/mol. The number of nitrogens with zero attached hydrogens (tertiary/aromatic N) is 2. The van der Waals surface area contributed by atoms with Crippen LogP contribution in [0.1, 0.15) is 11.3 Å². The lowest BCUT2D eigenvalue weighted by atomic mass is 10.2. The molecule has 96 valence electrons. The van der Waals surface area contributed by atoms with Crippen molar-refractivity contribution in [3.63, 3.8) is 0 Å². The van der Waals surface area contributed by atoms with Crippen LogP contribution in [-0.2, 0) is 6.42 Å². The molecule has 0 saturated heterocycles. The highest BCUT2D eigenvalue weighted by Gasteiger charge is 2.14. The lowest BCUT2D eigenvalue weighted by molar-refractivity contribution is 0.299. The monoisotopic (exact) mass is 316 g/mol. The first-order chi connectivity index (χ1) is 8.54. The summed E-state index contributed by atoms with van der Waals surface area (Å²) in [5.74, 6) is -1.81. The van der Waals surface area contributed by atoms with E-state index >= 15 is 0 Å². The van der Waals surface area contributed by atoms with Gasteiger partial charge in [0, 0.05) is 24.7 Å². The molecule has 2 aromatic rings. The van der Waals surface area contributed by atoms with Gasteiger partial charge in [0.15, 0.2) is 11.6 Å². The molecule has 0 amide bonds. The van der Waals surface area contributed by atoms with Gasteiger partial charge in [-0.15, -0.1) is 0 Å². The van der Waals surface area contributed by atoms with Gasteiger partial charge in [-0.2, -0.15) is 5.10 Å². The van der Waals surface area contributed by atoms with E-state index in [4.69, 9.17) is 5.11 Å². The molecule has 0 bridgehead atoms. The van der Waals surface area contributed by atoms with E-state index in [0.717, 1.165) is 23.4 Å². The fourth-order valence-electron chi connectivity index (χ4n) is 1.72. The number of aromatic nitrogens is 2. The summed E-state index contributed by atoms with van der Waals surface area (Å²) in [7, 11) is 0. The molecule has 0 unspecified atom stereocenters. The summed E-state index contributed by atoms with van der Waals surface area (Å²) in [6.07, 6.45) is 0.454. The minimum atomic E-state index is -0.920. The molecule has 0 saturated carbocycles. The Labute approximate surface area is 111 Å². The van der Waals surface area contributed by atoms with Crippen molar-refractivity contribution in [2.45, 2.75) is 13.3 Å². The highest BCUT2D eigenvalue weighted by atomic mass is 79.9. The van der Waals surface area contributed by atoms with Gasteiger partial charge >= 0.3 is 0 Å². The van der Waals surface area contributed by atoms with E-state index in [2.05, 4.69) is 21.0 Å². The molecule has 0 spiro atoms. The molecule has 0 radical (unpaired) electrons. The summed E-state index contributed by atoms with van der Waals surface area (Å²) in [5.41, 5.74) is 2.01. The van der Waals surface area contributed by atoms with Crippen LogP contribution in [-0.4, -0.2) is 21.5 Å². The van der Waals surface area contributed by atoms with E-state index < -0.39 is 11.6 Å². The predicted molar refractivity (Wildman–Crippen MR) is 66.7 cm³/mol. The molecule has 18 heavy (non-hydrogen) atoms. The van der Waals surface area contributed by atoms with Gasteiger partial charge in [0.2, 0.25) is 0 Å². The molecule has 0 aliphatic rings. The molecule has 0 aliphatic carbocycles. The first-order valence-electron chi connectivity index (χ1n) is 5.35. The molecule has 1 N–H and O–H groups in total. The van der Waals surface area contributed by atoms with Crippen molar-refractivity contribution in [3.05, 3.63) is 45.7 Å². The maximum absolute atomic E-state index is 13.2. The Bertz CT molecular complexity index is 584. The summed E-state index contributed by atoms with van der Waals surface area (Å²) in [4.78, 5) is 0. The van der Waals surface area contributed by atoms with Crippen LogP contribution < -0.4 is 0 Å². The molecule has 1 heterocycles. The third-order valence-corrected chi connectivity index (χ3v) is 3.45. The van der Waals surface area contributed by atoms with E-state index in [1.165, 1.54) is 10.7 Å². The van der Waals surface area contributed by atoms with E-state index in [-0.39, 0.29) is 6.61 Å². The third-order valence-electron chi connectivity index (χ3n) is 2.63. The number of hydrogen-bond acceptors (Lipinski definition) is 2. The third kappa shape index (κ3) is 2.30. The van der Waals surface area contributed by atoms with Gasteiger partial charge < -0.3 is 5.11 Å².